The minimum absolute atomic E-state index is 0.102. The smallest absolute Gasteiger partial charge is 0.373 e. The summed E-state index contributed by atoms with van der Waals surface area (Å²) in [6, 6.07) is 10.1. The average Bonchev–Trinajstić information content (AvgIpc) is 2.82. The van der Waals surface area contributed by atoms with Gasteiger partial charge in [0.15, 0.2) is 0 Å². The van der Waals surface area contributed by atoms with Gasteiger partial charge in [-0.1, -0.05) is 36.7 Å². The molecule has 1 saturated carbocycles. The molecule has 2 N–H and O–H groups in total. The van der Waals surface area contributed by atoms with Gasteiger partial charge in [-0.05, 0) is 43.0 Å². The van der Waals surface area contributed by atoms with Crippen LogP contribution < -0.4 is 10.9 Å². The Kier molecular flexibility index (Phi) is 7.99. The van der Waals surface area contributed by atoms with Crippen molar-refractivity contribution in [1.29, 1.82) is 0 Å². The van der Waals surface area contributed by atoms with Crippen molar-refractivity contribution in [3.8, 4) is 11.4 Å². The first-order valence-electron chi connectivity index (χ1n) is 11.7. The van der Waals surface area contributed by atoms with Gasteiger partial charge in [-0.15, -0.1) is 0 Å². The van der Waals surface area contributed by atoms with Gasteiger partial charge in [0.2, 0.25) is 5.91 Å². The molecule has 2 aromatic carbocycles. The molecule has 0 spiro atoms. The van der Waals surface area contributed by atoms with Crippen LogP contribution in [0.5, 0.6) is 0 Å². The fourth-order valence-electron chi connectivity index (χ4n) is 4.07. The second-order valence-corrected chi connectivity index (χ2v) is 9.28. The number of H-pyrrole nitrogens is 1. The van der Waals surface area contributed by atoms with Crippen molar-refractivity contribution in [2.24, 2.45) is 5.92 Å². The Bertz CT molecular complexity index is 1340. The predicted octanol–water partition coefficient (Wildman–Crippen LogP) is 5.42. The van der Waals surface area contributed by atoms with Gasteiger partial charge in [0, 0.05) is 34.8 Å². The number of aromatic amines is 1. The lowest BCUT2D eigenvalue weighted by atomic mass is 9.81. The van der Waals surface area contributed by atoms with Gasteiger partial charge < -0.3 is 15.0 Å². The molecule has 1 aromatic heterocycles. The van der Waals surface area contributed by atoms with E-state index in [1.165, 1.54) is 0 Å². The quantitative estimate of drug-likeness (QED) is 0.376. The van der Waals surface area contributed by atoms with Gasteiger partial charge in [-0.3, -0.25) is 9.59 Å². The Labute approximate surface area is 215 Å². The summed E-state index contributed by atoms with van der Waals surface area (Å²) >= 11 is 5.86. The Balaban J connectivity index is 1.42. The van der Waals surface area contributed by atoms with Crippen LogP contribution in [0.3, 0.4) is 0 Å². The Morgan fingerprint density at radius 3 is 2.54 bits per heavy atom. The van der Waals surface area contributed by atoms with Crippen LogP contribution in [-0.4, -0.2) is 22.0 Å². The summed E-state index contributed by atoms with van der Waals surface area (Å²) in [4.78, 5) is 30.6. The Morgan fingerprint density at radius 2 is 1.89 bits per heavy atom. The summed E-state index contributed by atoms with van der Waals surface area (Å²) in [6.07, 6.45) is -3.74. The number of hydrogen-bond acceptors (Lipinski definition) is 4. The molecule has 37 heavy (non-hydrogen) atoms. The van der Waals surface area contributed by atoms with Crippen LogP contribution in [0.2, 0.25) is 5.02 Å². The van der Waals surface area contributed by atoms with Gasteiger partial charge in [0.1, 0.15) is 11.6 Å². The first-order valence-corrected chi connectivity index (χ1v) is 12.1. The van der Waals surface area contributed by atoms with Crippen LogP contribution in [0.1, 0.15) is 42.1 Å². The van der Waals surface area contributed by atoms with E-state index < -0.39 is 34.5 Å². The fraction of sp³-hybridized carbons (Fsp3) is 0.346. The van der Waals surface area contributed by atoms with Gasteiger partial charge in [0.25, 0.3) is 5.56 Å². The van der Waals surface area contributed by atoms with Gasteiger partial charge >= 0.3 is 6.18 Å². The van der Waals surface area contributed by atoms with Gasteiger partial charge in [-0.2, -0.15) is 13.2 Å². The summed E-state index contributed by atoms with van der Waals surface area (Å²) < 4.78 is 62.1. The van der Waals surface area contributed by atoms with E-state index in [9.17, 15) is 22.8 Å². The molecule has 1 amide bonds. The molecule has 1 fully saturated rings. The fourth-order valence-corrected chi connectivity index (χ4v) is 4.19. The Hall–Kier alpha value is -3.24. The van der Waals surface area contributed by atoms with Crippen LogP contribution in [0.4, 0.5) is 17.6 Å². The number of aromatic nitrogens is 2. The molecule has 0 saturated heterocycles. The van der Waals surface area contributed by atoms with Crippen LogP contribution in [-0.2, 0) is 35.3 Å². The third-order valence-electron chi connectivity index (χ3n) is 6.24. The second-order valence-electron chi connectivity index (χ2n) is 8.84. The number of alkyl halides is 3. The van der Waals surface area contributed by atoms with Gasteiger partial charge in [-0.25, -0.2) is 9.37 Å². The standard InChI is InChI=1S/C26H24ClF4N3O3/c1-2-18-11-21(35)34-24(33-18)22-20(26(29,30)31)8-5-15(23(22)28)12-32-25(36)16-9-19(10-16)37-13-14-3-6-17(27)7-4-14/h3-8,11,16,19H,2,9-10,12-13H2,1H3,(H,32,36)(H,33,34,35)/t16-,19-. The molecule has 1 heterocycles. The summed E-state index contributed by atoms with van der Waals surface area (Å²) in [7, 11) is 0. The summed E-state index contributed by atoms with van der Waals surface area (Å²) in [5, 5.41) is 3.22. The second kappa shape index (κ2) is 11.0. The van der Waals surface area contributed by atoms with Crippen molar-refractivity contribution in [2.45, 2.75) is 51.6 Å². The van der Waals surface area contributed by atoms with E-state index in [0.717, 1.165) is 23.8 Å². The van der Waals surface area contributed by atoms with Crippen molar-refractivity contribution in [3.63, 3.8) is 0 Å². The summed E-state index contributed by atoms with van der Waals surface area (Å²) in [5.41, 5.74) is -1.79. The molecule has 0 aliphatic heterocycles. The molecular weight excluding hydrogens is 514 g/mol. The number of ether oxygens (including phenoxy) is 1. The summed E-state index contributed by atoms with van der Waals surface area (Å²) in [6.45, 7) is 1.73. The van der Waals surface area contributed by atoms with Crippen molar-refractivity contribution < 1.29 is 27.1 Å². The van der Waals surface area contributed by atoms with E-state index in [1.807, 2.05) is 12.1 Å². The van der Waals surface area contributed by atoms with Crippen molar-refractivity contribution in [1.82, 2.24) is 15.3 Å². The highest BCUT2D eigenvalue weighted by Crippen LogP contribution is 2.38. The first kappa shape index (κ1) is 26.8. The zero-order valence-electron chi connectivity index (χ0n) is 19.8. The van der Waals surface area contributed by atoms with E-state index in [4.69, 9.17) is 16.3 Å². The molecule has 6 nitrogen and oxygen atoms in total. The zero-order chi connectivity index (χ0) is 26.7. The van der Waals surface area contributed by atoms with Crippen LogP contribution in [0.25, 0.3) is 11.4 Å². The maximum Gasteiger partial charge on any atom is 0.417 e. The number of nitrogens with one attached hydrogen (secondary N) is 2. The molecule has 0 unspecified atom stereocenters. The number of carbonyl (C=O) groups is 1. The van der Waals surface area contributed by atoms with Crippen molar-refractivity contribution in [3.05, 3.63) is 86.0 Å². The molecule has 0 radical (unpaired) electrons. The highest BCUT2D eigenvalue weighted by Gasteiger charge is 2.38. The molecule has 0 bridgehead atoms. The van der Waals surface area contributed by atoms with E-state index in [0.29, 0.717) is 24.5 Å². The number of amides is 1. The van der Waals surface area contributed by atoms with E-state index in [-0.39, 0.29) is 42.2 Å². The lowest BCUT2D eigenvalue weighted by molar-refractivity contribution is -0.137. The zero-order valence-corrected chi connectivity index (χ0v) is 20.5. The molecule has 11 heteroatoms. The lowest BCUT2D eigenvalue weighted by Gasteiger charge is -2.34. The maximum absolute atomic E-state index is 15.4. The maximum atomic E-state index is 15.4. The van der Waals surface area contributed by atoms with Crippen molar-refractivity contribution >= 4 is 17.5 Å². The molecule has 1 aliphatic rings. The molecule has 1 aliphatic carbocycles. The average molecular weight is 538 g/mol. The topological polar surface area (TPSA) is 84.1 Å². The number of carbonyl (C=O) groups excluding carboxylic acids is 1. The number of nitrogens with zero attached hydrogens (tertiary/aromatic N) is 1. The van der Waals surface area contributed by atoms with E-state index in [2.05, 4.69) is 15.3 Å². The highest BCUT2D eigenvalue weighted by atomic mass is 35.5. The highest BCUT2D eigenvalue weighted by molar-refractivity contribution is 6.30. The third kappa shape index (κ3) is 6.37. The van der Waals surface area contributed by atoms with E-state index >= 15 is 4.39 Å². The monoisotopic (exact) mass is 537 g/mol. The largest absolute Gasteiger partial charge is 0.417 e. The first-order chi connectivity index (χ1) is 17.5. The molecule has 0 atom stereocenters. The number of halogens is 5. The number of hydrogen-bond donors (Lipinski definition) is 2. The normalized spacial score (nSPS) is 17.4. The van der Waals surface area contributed by atoms with Crippen LogP contribution in [0.15, 0.2) is 47.3 Å². The number of benzene rings is 2. The molecule has 4 rings (SSSR count). The van der Waals surface area contributed by atoms with Gasteiger partial charge in [0.05, 0.1) is 23.8 Å². The number of aryl methyl sites for hydroxylation is 1. The minimum Gasteiger partial charge on any atom is -0.373 e. The molecule has 3 aromatic rings. The lowest BCUT2D eigenvalue weighted by Crippen LogP contribution is -2.42. The molecular formula is C26H24ClF4N3O3. The SMILES string of the molecule is CCc1cc(=O)[nH]c(-c2c(C(F)(F)F)ccc(CNC(=O)[C@H]3C[C@H](OCc4ccc(Cl)cc4)C3)c2F)n1. The Morgan fingerprint density at radius 1 is 1.19 bits per heavy atom. The van der Waals surface area contributed by atoms with Crippen LogP contribution in [0, 0.1) is 11.7 Å². The summed E-state index contributed by atoms with van der Waals surface area (Å²) in [5.74, 6) is -2.40. The minimum atomic E-state index is -4.88. The van der Waals surface area contributed by atoms with Crippen LogP contribution >= 0.6 is 11.6 Å². The number of rotatable bonds is 8. The predicted molar refractivity (Wildman–Crippen MR) is 129 cm³/mol. The molecule has 196 valence electrons. The van der Waals surface area contributed by atoms with Crippen molar-refractivity contribution in [2.75, 3.05) is 0 Å². The van der Waals surface area contributed by atoms with E-state index in [1.54, 1.807) is 19.1 Å². The third-order valence-corrected chi connectivity index (χ3v) is 6.49.